The fourth-order valence-electron chi connectivity index (χ4n) is 4.67. The molecular formula is C25H31N3O2. The Morgan fingerprint density at radius 1 is 1.03 bits per heavy atom. The number of rotatable bonds is 4. The average Bonchev–Trinajstić information content (AvgIpc) is 2.75. The molecule has 0 spiro atoms. The minimum atomic E-state index is 0.0108. The summed E-state index contributed by atoms with van der Waals surface area (Å²) in [5.41, 5.74) is 5.50. The first-order valence-electron chi connectivity index (χ1n) is 11.0. The molecule has 1 saturated heterocycles. The van der Waals surface area contributed by atoms with Crippen LogP contribution in [0.1, 0.15) is 36.0 Å². The molecule has 0 bridgehead atoms. The molecule has 0 radical (unpaired) electrons. The van der Waals surface area contributed by atoms with E-state index in [4.69, 9.17) is 0 Å². The molecule has 4 rings (SSSR count). The summed E-state index contributed by atoms with van der Waals surface area (Å²) in [7, 11) is 0. The minimum Gasteiger partial charge on any atom is -0.325 e. The number of fused-ring (bicyclic) bond motifs is 1. The van der Waals surface area contributed by atoms with Crippen LogP contribution in [-0.2, 0) is 16.0 Å². The molecule has 1 fully saturated rings. The smallest absolute Gasteiger partial charge is 0.238 e. The molecule has 2 aliphatic rings. The van der Waals surface area contributed by atoms with Gasteiger partial charge in [-0.1, -0.05) is 35.9 Å². The van der Waals surface area contributed by atoms with E-state index in [0.29, 0.717) is 6.54 Å². The number of amides is 2. The Bertz CT molecular complexity index is 932. The summed E-state index contributed by atoms with van der Waals surface area (Å²) in [5, 5.41) is 3.03. The van der Waals surface area contributed by atoms with Gasteiger partial charge in [-0.15, -0.1) is 0 Å². The molecule has 30 heavy (non-hydrogen) atoms. The summed E-state index contributed by atoms with van der Waals surface area (Å²) in [6.07, 6.45) is 3.71. The maximum atomic E-state index is 13.2. The van der Waals surface area contributed by atoms with Crippen LogP contribution in [0, 0.1) is 19.8 Å². The van der Waals surface area contributed by atoms with Crippen molar-refractivity contribution in [2.45, 2.75) is 39.5 Å². The van der Waals surface area contributed by atoms with E-state index < -0.39 is 0 Å². The lowest BCUT2D eigenvalue weighted by atomic mass is 9.93. The number of para-hydroxylation sites is 1. The van der Waals surface area contributed by atoms with Crippen LogP contribution in [0.2, 0.25) is 0 Å². The largest absolute Gasteiger partial charge is 0.325 e. The summed E-state index contributed by atoms with van der Waals surface area (Å²) in [5.74, 6) is 0.313. The van der Waals surface area contributed by atoms with Crippen molar-refractivity contribution in [2.75, 3.05) is 36.4 Å². The lowest BCUT2D eigenvalue weighted by Crippen LogP contribution is -2.45. The first-order chi connectivity index (χ1) is 14.5. The standard InChI is InChI=1S/C25H31N3O2/c1-18-9-10-22(19(2)16-18)26-24(29)17-27-14-11-21(12-15-27)25(30)28-13-5-7-20-6-3-4-8-23(20)28/h3-4,6,8-10,16,21H,5,7,11-15,17H2,1-2H3,(H,26,29). The van der Waals surface area contributed by atoms with Crippen molar-refractivity contribution in [2.24, 2.45) is 5.92 Å². The highest BCUT2D eigenvalue weighted by Crippen LogP contribution is 2.30. The fourth-order valence-corrected chi connectivity index (χ4v) is 4.67. The third kappa shape index (κ3) is 4.57. The van der Waals surface area contributed by atoms with E-state index in [1.54, 1.807) is 0 Å². The van der Waals surface area contributed by atoms with Gasteiger partial charge in [-0.2, -0.15) is 0 Å². The van der Waals surface area contributed by atoms with Crippen molar-refractivity contribution in [3.63, 3.8) is 0 Å². The third-order valence-corrected chi connectivity index (χ3v) is 6.34. The van der Waals surface area contributed by atoms with Crippen LogP contribution in [0.25, 0.3) is 0 Å². The van der Waals surface area contributed by atoms with Crippen LogP contribution in [0.3, 0.4) is 0 Å². The summed E-state index contributed by atoms with van der Waals surface area (Å²) in [4.78, 5) is 29.8. The Kier molecular flexibility index (Phi) is 6.18. The first kappa shape index (κ1) is 20.6. The Hall–Kier alpha value is -2.66. The van der Waals surface area contributed by atoms with Crippen LogP contribution < -0.4 is 10.2 Å². The molecule has 0 aromatic heterocycles. The summed E-state index contributed by atoms with van der Waals surface area (Å²) in [6, 6.07) is 14.3. The molecule has 0 atom stereocenters. The second-order valence-corrected chi connectivity index (χ2v) is 8.64. The fraction of sp³-hybridized carbons (Fsp3) is 0.440. The molecule has 158 valence electrons. The number of nitrogens with zero attached hydrogens (tertiary/aromatic N) is 2. The van der Waals surface area contributed by atoms with Crippen LogP contribution in [0.15, 0.2) is 42.5 Å². The van der Waals surface area contributed by atoms with Gasteiger partial charge in [0.05, 0.1) is 6.54 Å². The molecule has 2 aromatic carbocycles. The number of carbonyl (C=O) groups excluding carboxylic acids is 2. The molecule has 0 unspecified atom stereocenters. The number of nitrogens with one attached hydrogen (secondary N) is 1. The molecule has 5 heteroatoms. The van der Waals surface area contributed by atoms with Gasteiger partial charge < -0.3 is 10.2 Å². The molecule has 0 saturated carbocycles. The predicted molar refractivity (Wildman–Crippen MR) is 121 cm³/mol. The van der Waals surface area contributed by atoms with Crippen molar-refractivity contribution in [3.8, 4) is 0 Å². The van der Waals surface area contributed by atoms with Gasteiger partial charge in [0.15, 0.2) is 0 Å². The van der Waals surface area contributed by atoms with Gasteiger partial charge in [-0.05, 0) is 75.9 Å². The van der Waals surface area contributed by atoms with Crippen LogP contribution in [0.5, 0.6) is 0 Å². The number of anilines is 2. The molecule has 2 aliphatic heterocycles. The molecule has 5 nitrogen and oxygen atoms in total. The second-order valence-electron chi connectivity index (χ2n) is 8.64. The van der Waals surface area contributed by atoms with Gasteiger partial charge in [-0.3, -0.25) is 14.5 Å². The van der Waals surface area contributed by atoms with E-state index in [0.717, 1.165) is 62.3 Å². The van der Waals surface area contributed by atoms with Gasteiger partial charge in [-0.25, -0.2) is 0 Å². The number of likely N-dealkylation sites (tertiary alicyclic amines) is 1. The van der Waals surface area contributed by atoms with E-state index in [2.05, 4.69) is 34.5 Å². The van der Waals surface area contributed by atoms with E-state index in [9.17, 15) is 9.59 Å². The van der Waals surface area contributed by atoms with Crippen LogP contribution >= 0.6 is 0 Å². The highest BCUT2D eigenvalue weighted by Gasteiger charge is 2.31. The van der Waals surface area contributed by atoms with E-state index in [1.165, 1.54) is 11.1 Å². The van der Waals surface area contributed by atoms with Gasteiger partial charge in [0, 0.05) is 23.8 Å². The average molecular weight is 406 g/mol. The number of hydrogen-bond acceptors (Lipinski definition) is 3. The summed E-state index contributed by atoms with van der Waals surface area (Å²) in [6.45, 7) is 6.82. The number of benzene rings is 2. The third-order valence-electron chi connectivity index (χ3n) is 6.34. The van der Waals surface area contributed by atoms with Crippen LogP contribution in [-0.4, -0.2) is 42.9 Å². The zero-order chi connectivity index (χ0) is 21.1. The van der Waals surface area contributed by atoms with E-state index in [-0.39, 0.29) is 17.7 Å². The molecule has 2 heterocycles. The van der Waals surface area contributed by atoms with Crippen molar-refractivity contribution in [1.29, 1.82) is 0 Å². The summed E-state index contributed by atoms with van der Waals surface area (Å²) >= 11 is 0. The molecule has 0 aliphatic carbocycles. The van der Waals surface area contributed by atoms with E-state index >= 15 is 0 Å². The van der Waals surface area contributed by atoms with Gasteiger partial charge in [0.1, 0.15) is 0 Å². The SMILES string of the molecule is Cc1ccc(NC(=O)CN2CCC(C(=O)N3CCCc4ccccc43)CC2)c(C)c1. The zero-order valence-corrected chi connectivity index (χ0v) is 18.0. The number of hydrogen-bond donors (Lipinski definition) is 1. The summed E-state index contributed by atoms with van der Waals surface area (Å²) < 4.78 is 0. The highest BCUT2D eigenvalue weighted by atomic mass is 16.2. The molecule has 2 aromatic rings. The maximum Gasteiger partial charge on any atom is 0.238 e. The monoisotopic (exact) mass is 405 g/mol. The van der Waals surface area contributed by atoms with Crippen molar-refractivity contribution < 1.29 is 9.59 Å². The zero-order valence-electron chi connectivity index (χ0n) is 18.0. The lowest BCUT2D eigenvalue weighted by molar-refractivity contribution is -0.124. The van der Waals surface area contributed by atoms with Crippen molar-refractivity contribution in [3.05, 3.63) is 59.2 Å². The van der Waals surface area contributed by atoms with E-state index in [1.807, 2.05) is 36.9 Å². The first-order valence-corrected chi connectivity index (χ1v) is 11.0. The van der Waals surface area contributed by atoms with Gasteiger partial charge in [0.2, 0.25) is 11.8 Å². The Morgan fingerprint density at radius 3 is 2.57 bits per heavy atom. The normalized spacial score (nSPS) is 17.5. The quantitative estimate of drug-likeness (QED) is 0.838. The minimum absolute atomic E-state index is 0.0108. The highest BCUT2D eigenvalue weighted by molar-refractivity contribution is 5.96. The Morgan fingerprint density at radius 2 is 1.80 bits per heavy atom. The molecule has 2 amide bonds. The van der Waals surface area contributed by atoms with Crippen molar-refractivity contribution >= 4 is 23.2 Å². The lowest BCUT2D eigenvalue weighted by Gasteiger charge is -2.36. The maximum absolute atomic E-state index is 13.2. The number of carbonyl (C=O) groups is 2. The van der Waals surface area contributed by atoms with Gasteiger partial charge in [0.25, 0.3) is 0 Å². The van der Waals surface area contributed by atoms with Crippen molar-refractivity contribution in [1.82, 2.24) is 4.90 Å². The van der Waals surface area contributed by atoms with Crippen LogP contribution in [0.4, 0.5) is 11.4 Å². The topological polar surface area (TPSA) is 52.7 Å². The molecule has 1 N–H and O–H groups in total. The van der Waals surface area contributed by atoms with Gasteiger partial charge >= 0.3 is 0 Å². The number of piperidine rings is 1. The number of aryl methyl sites for hydroxylation is 3. The second kappa shape index (κ2) is 9.00. The Balaban J connectivity index is 1.30. The Labute approximate surface area is 179 Å². The predicted octanol–water partition coefficient (Wildman–Crippen LogP) is 3.93. The molecular weight excluding hydrogens is 374 g/mol.